The van der Waals surface area contributed by atoms with Gasteiger partial charge in [-0.3, -0.25) is 0 Å². The topological polar surface area (TPSA) is 111 Å². The molecule has 0 aromatic rings. The van der Waals surface area contributed by atoms with Crippen molar-refractivity contribution in [3.8, 4) is 0 Å². The van der Waals surface area contributed by atoms with Crippen molar-refractivity contribution in [2.45, 2.75) is 308 Å². The van der Waals surface area contributed by atoms with Gasteiger partial charge in [-0.05, 0) is 203 Å². The molecule has 0 amide bonds. The van der Waals surface area contributed by atoms with Gasteiger partial charge in [0.25, 0.3) is 0 Å². The van der Waals surface area contributed by atoms with Crippen LogP contribution in [-0.4, -0.2) is 105 Å². The minimum Gasteiger partial charge on any atom is -0.344 e. The Balaban J connectivity index is 1.10. The molecule has 6 fully saturated rings. The molecule has 0 bridgehead atoms. The summed E-state index contributed by atoms with van der Waals surface area (Å²) < 4.78 is 78.9. The maximum Gasteiger partial charge on any atom is 0.164 e. The lowest BCUT2D eigenvalue weighted by Gasteiger charge is -2.36. The van der Waals surface area contributed by atoms with Gasteiger partial charge in [0.1, 0.15) is 0 Å². The van der Waals surface area contributed by atoms with Crippen LogP contribution in [0.4, 0.5) is 0 Å². The first-order valence-corrected chi connectivity index (χ1v) is 23.2. The summed E-state index contributed by atoms with van der Waals surface area (Å²) in [4.78, 5) is 0. The van der Waals surface area contributed by atoms with Crippen LogP contribution in [-0.2, 0) is 56.8 Å². The molecule has 0 spiro atoms. The van der Waals surface area contributed by atoms with Gasteiger partial charge in [-0.2, -0.15) is 0 Å². The van der Waals surface area contributed by atoms with E-state index in [2.05, 4.69) is 55.4 Å². The van der Waals surface area contributed by atoms with Crippen LogP contribution in [0.1, 0.15) is 203 Å². The summed E-state index contributed by atoms with van der Waals surface area (Å²) in [6, 6.07) is 0. The lowest BCUT2D eigenvalue weighted by Crippen LogP contribution is -2.44. The second-order valence-corrected chi connectivity index (χ2v) is 23.8. The Morgan fingerprint density at radius 1 is 0.233 bits per heavy atom. The molecular weight excluding hydrogens is 769 g/mol. The standard InChI is InChI=1S/C48H86O12/c1-37(2)31(49-39(5,6)55-37)23-27-47(19)35(53-43(13,14)59-47)25-29-45(17)33(51-41(9,10)57-45)21-22-34-46(18,58-42(11,12)52-34)30-26-36-48(20,60-44(15,16)54-36)28-24-32-38(3,4)56-40(7,8)50-32/h31-36H,21-30H2,1-20H3/t31?,32?,33-,34-,35-,36-,45-,46-,47-,48-/m1/s1. The largest absolute Gasteiger partial charge is 0.344 e. The predicted octanol–water partition coefficient (Wildman–Crippen LogP) is 10.4. The first-order valence-electron chi connectivity index (χ1n) is 23.2. The van der Waals surface area contributed by atoms with Crippen LogP contribution >= 0.6 is 0 Å². The molecule has 0 aromatic heterocycles. The van der Waals surface area contributed by atoms with Crippen molar-refractivity contribution in [2.75, 3.05) is 0 Å². The Labute approximate surface area is 363 Å². The molecule has 0 saturated carbocycles. The van der Waals surface area contributed by atoms with Crippen LogP contribution in [0.3, 0.4) is 0 Å². The highest BCUT2D eigenvalue weighted by Gasteiger charge is 2.58. The van der Waals surface area contributed by atoms with E-state index in [-0.39, 0.29) is 36.6 Å². The van der Waals surface area contributed by atoms with Gasteiger partial charge in [0.2, 0.25) is 0 Å². The average Bonchev–Trinajstić information content (AvgIpc) is 3.73. The maximum atomic E-state index is 6.80. The molecule has 6 rings (SSSR count). The molecule has 0 N–H and O–H groups in total. The van der Waals surface area contributed by atoms with Gasteiger partial charge >= 0.3 is 0 Å². The van der Waals surface area contributed by atoms with Crippen molar-refractivity contribution in [3.05, 3.63) is 0 Å². The normalized spacial score (nSPS) is 44.2. The minimum atomic E-state index is -0.736. The van der Waals surface area contributed by atoms with E-state index in [0.29, 0.717) is 0 Å². The summed E-state index contributed by atoms with van der Waals surface area (Å²) in [5, 5.41) is 0. The molecular formula is C48H86O12. The molecule has 12 heteroatoms. The Bertz CT molecular complexity index is 1420. The van der Waals surface area contributed by atoms with Gasteiger partial charge in [-0.25, -0.2) is 0 Å². The summed E-state index contributed by atoms with van der Waals surface area (Å²) in [5.41, 5.74) is -2.91. The van der Waals surface area contributed by atoms with Crippen LogP contribution in [0.25, 0.3) is 0 Å². The maximum absolute atomic E-state index is 6.80. The van der Waals surface area contributed by atoms with Crippen LogP contribution in [0.15, 0.2) is 0 Å². The van der Waals surface area contributed by atoms with Gasteiger partial charge in [0, 0.05) is 0 Å². The summed E-state index contributed by atoms with van der Waals surface area (Å²) in [6.45, 7) is 41.2. The lowest BCUT2D eigenvalue weighted by molar-refractivity contribution is -0.168. The molecule has 60 heavy (non-hydrogen) atoms. The molecule has 0 radical (unpaired) electrons. The Hall–Kier alpha value is -0.480. The van der Waals surface area contributed by atoms with E-state index in [9.17, 15) is 0 Å². The fourth-order valence-electron chi connectivity index (χ4n) is 12.0. The van der Waals surface area contributed by atoms with E-state index < -0.39 is 68.3 Å². The van der Waals surface area contributed by atoms with Crippen LogP contribution in [0.2, 0.25) is 0 Å². The molecule has 350 valence electrons. The van der Waals surface area contributed by atoms with Crippen molar-refractivity contribution >= 4 is 0 Å². The van der Waals surface area contributed by atoms with E-state index in [1.807, 2.05) is 83.1 Å². The third-order valence-electron chi connectivity index (χ3n) is 14.1. The molecule has 12 nitrogen and oxygen atoms in total. The van der Waals surface area contributed by atoms with Crippen molar-refractivity contribution in [3.63, 3.8) is 0 Å². The van der Waals surface area contributed by atoms with E-state index in [4.69, 9.17) is 56.8 Å². The van der Waals surface area contributed by atoms with Crippen LogP contribution < -0.4 is 0 Å². The average molecular weight is 855 g/mol. The first-order chi connectivity index (χ1) is 26.9. The summed E-state index contributed by atoms with van der Waals surface area (Å²) in [7, 11) is 0. The van der Waals surface area contributed by atoms with Gasteiger partial charge < -0.3 is 56.8 Å². The Morgan fingerprint density at radius 3 is 0.633 bits per heavy atom. The molecule has 6 heterocycles. The molecule has 0 aromatic carbocycles. The highest BCUT2D eigenvalue weighted by atomic mass is 16.8. The van der Waals surface area contributed by atoms with Gasteiger partial charge in [0.15, 0.2) is 34.7 Å². The smallest absolute Gasteiger partial charge is 0.164 e. The Morgan fingerprint density at radius 2 is 0.417 bits per heavy atom. The number of hydrogen-bond donors (Lipinski definition) is 0. The van der Waals surface area contributed by atoms with Crippen LogP contribution in [0, 0.1) is 0 Å². The molecule has 6 aliphatic rings. The van der Waals surface area contributed by atoms with E-state index in [1.165, 1.54) is 0 Å². The third kappa shape index (κ3) is 10.8. The zero-order valence-electron chi connectivity index (χ0n) is 41.4. The molecule has 2 unspecified atom stereocenters. The summed E-state index contributed by atoms with van der Waals surface area (Å²) >= 11 is 0. The van der Waals surface area contributed by atoms with Crippen molar-refractivity contribution in [1.29, 1.82) is 0 Å². The highest BCUT2D eigenvalue weighted by molar-refractivity contribution is 5.03. The quantitative estimate of drug-likeness (QED) is 0.156. The second-order valence-electron chi connectivity index (χ2n) is 23.8. The van der Waals surface area contributed by atoms with Crippen molar-refractivity contribution in [1.82, 2.24) is 0 Å². The van der Waals surface area contributed by atoms with Crippen molar-refractivity contribution in [2.24, 2.45) is 0 Å². The second kappa shape index (κ2) is 15.6. The third-order valence-corrected chi connectivity index (χ3v) is 14.1. The predicted molar refractivity (Wildman–Crippen MR) is 228 cm³/mol. The number of ether oxygens (including phenoxy) is 12. The molecule has 6 saturated heterocycles. The monoisotopic (exact) mass is 855 g/mol. The SMILES string of the molecule is CC1(C)OC(CC[C@@]2(C)OC(C)(C)O[C@@H]2CC[C@@]2(C)OC(C)(C)O[C@@H]2CC[C@H]2OC(C)(C)O[C@]2(C)CC[C@H]2OC(C)(C)O[C@]2(C)CCC2OC(C)(C)OC2(C)C)C(C)(C)O1. The lowest BCUT2D eigenvalue weighted by atomic mass is 9.81. The van der Waals surface area contributed by atoms with Gasteiger partial charge in [0.05, 0.1) is 70.2 Å². The molecule has 0 aliphatic carbocycles. The zero-order chi connectivity index (χ0) is 45.0. The van der Waals surface area contributed by atoms with E-state index in [0.717, 1.165) is 64.2 Å². The van der Waals surface area contributed by atoms with Gasteiger partial charge in [-0.1, -0.05) is 0 Å². The number of rotatable bonds is 15. The summed E-state index contributed by atoms with van der Waals surface area (Å²) in [5.74, 6) is -4.12. The van der Waals surface area contributed by atoms with E-state index >= 15 is 0 Å². The Kier molecular flexibility index (Phi) is 12.7. The summed E-state index contributed by atoms with van der Waals surface area (Å²) in [6.07, 6.45) is 6.94. The minimum absolute atomic E-state index is 0.0490. The molecule has 10 atom stereocenters. The van der Waals surface area contributed by atoms with Crippen molar-refractivity contribution < 1.29 is 56.8 Å². The fraction of sp³-hybridized carbons (Fsp3) is 1.00. The van der Waals surface area contributed by atoms with Crippen LogP contribution in [0.5, 0.6) is 0 Å². The first kappa shape index (κ1) is 49.0. The highest BCUT2D eigenvalue weighted by Crippen LogP contribution is 2.51. The fourth-order valence-corrected chi connectivity index (χ4v) is 12.0. The van der Waals surface area contributed by atoms with Gasteiger partial charge in [-0.15, -0.1) is 0 Å². The van der Waals surface area contributed by atoms with E-state index in [1.54, 1.807) is 0 Å². The molecule has 6 aliphatic heterocycles. The number of hydrogen-bond acceptors (Lipinski definition) is 12. The zero-order valence-corrected chi connectivity index (χ0v) is 41.4.